The van der Waals surface area contributed by atoms with Gasteiger partial charge >= 0.3 is 12.1 Å². The van der Waals surface area contributed by atoms with Crippen LogP contribution in [0.5, 0.6) is 0 Å². The van der Waals surface area contributed by atoms with Crippen LogP contribution in [-0.4, -0.2) is 72.0 Å². The lowest BCUT2D eigenvalue weighted by molar-refractivity contribution is -0.138. The van der Waals surface area contributed by atoms with Gasteiger partial charge < -0.3 is 25.3 Å². The normalized spacial score (nSPS) is 14.6. The maximum Gasteiger partial charge on any atom is 0.416 e. The first-order chi connectivity index (χ1) is 20.5. The third-order valence-electron chi connectivity index (χ3n) is 7.58. The molecule has 1 fully saturated rings. The number of esters is 1. The molecule has 43 heavy (non-hydrogen) atoms. The molecule has 3 N–H and O–H groups in total. The molecular formula is C31H33F3N6O3. The third-order valence-corrected chi connectivity index (χ3v) is 7.58. The van der Waals surface area contributed by atoms with E-state index in [0.29, 0.717) is 36.7 Å². The van der Waals surface area contributed by atoms with Gasteiger partial charge in [0.15, 0.2) is 0 Å². The number of carbonyl (C=O) groups excluding carboxylic acids is 2. The molecule has 0 spiro atoms. The van der Waals surface area contributed by atoms with Gasteiger partial charge in [0, 0.05) is 67.8 Å². The molecule has 3 heterocycles. The Morgan fingerprint density at radius 3 is 2.53 bits per heavy atom. The molecule has 226 valence electrons. The number of halogens is 3. The van der Waals surface area contributed by atoms with Gasteiger partial charge in [-0.15, -0.1) is 0 Å². The van der Waals surface area contributed by atoms with Gasteiger partial charge in [-0.25, -0.2) is 9.78 Å². The largest absolute Gasteiger partial charge is 0.464 e. The van der Waals surface area contributed by atoms with E-state index in [-0.39, 0.29) is 17.7 Å². The molecule has 0 radical (unpaired) electrons. The van der Waals surface area contributed by atoms with Crippen molar-refractivity contribution in [2.75, 3.05) is 51.0 Å². The van der Waals surface area contributed by atoms with Crippen LogP contribution < -0.4 is 10.6 Å². The van der Waals surface area contributed by atoms with E-state index < -0.39 is 23.6 Å². The highest BCUT2D eigenvalue weighted by atomic mass is 19.4. The number of ether oxygens (including phenoxy) is 1. The number of aryl methyl sites for hydroxylation is 1. The number of H-pyrrole nitrogens is 1. The van der Waals surface area contributed by atoms with E-state index in [0.717, 1.165) is 41.4 Å². The number of fused-ring (bicyclic) bond motifs is 1. The molecule has 2 aromatic heterocycles. The van der Waals surface area contributed by atoms with Crippen LogP contribution >= 0.6 is 0 Å². The maximum absolute atomic E-state index is 14.0. The number of pyridine rings is 1. The summed E-state index contributed by atoms with van der Waals surface area (Å²) in [5, 5.41) is 6.80. The first-order valence-corrected chi connectivity index (χ1v) is 13.8. The summed E-state index contributed by atoms with van der Waals surface area (Å²) in [5.74, 6) is -1.11. The molecule has 1 aliphatic rings. The van der Waals surface area contributed by atoms with Crippen LogP contribution in [0.3, 0.4) is 0 Å². The van der Waals surface area contributed by atoms with Crippen LogP contribution in [0.2, 0.25) is 0 Å². The number of aromatic amines is 1. The van der Waals surface area contributed by atoms with Crippen molar-refractivity contribution in [2.45, 2.75) is 26.2 Å². The van der Waals surface area contributed by atoms with Gasteiger partial charge in [-0.2, -0.15) is 13.2 Å². The number of anilines is 2. The smallest absolute Gasteiger partial charge is 0.416 e. The zero-order valence-electron chi connectivity index (χ0n) is 24.1. The Balaban J connectivity index is 1.27. The van der Waals surface area contributed by atoms with Crippen LogP contribution in [-0.2, 0) is 24.0 Å². The zero-order valence-corrected chi connectivity index (χ0v) is 24.1. The second-order valence-electron chi connectivity index (χ2n) is 10.7. The standard InChI is InChI=1S/C31H33F3N6O3/c1-19-4-7-24(15-26(19)35-16-20-12-23-14-27(30(42)43-3)38-28(23)36-17-20)37-29(41)21-5-6-22(25(13-21)31(32,33)34)18-40-10-8-39(2)9-11-40/h4-7,12-15,17,35H,8-11,16,18H2,1-3H3,(H,36,38)(H,37,41). The summed E-state index contributed by atoms with van der Waals surface area (Å²) in [5.41, 5.74) is 3.11. The van der Waals surface area contributed by atoms with Gasteiger partial charge in [0.2, 0.25) is 0 Å². The molecule has 0 unspecified atom stereocenters. The highest BCUT2D eigenvalue weighted by Gasteiger charge is 2.34. The zero-order chi connectivity index (χ0) is 30.7. The van der Waals surface area contributed by atoms with Crippen molar-refractivity contribution in [1.82, 2.24) is 19.8 Å². The van der Waals surface area contributed by atoms with E-state index in [4.69, 9.17) is 4.74 Å². The highest BCUT2D eigenvalue weighted by Crippen LogP contribution is 2.34. The number of nitrogens with zero attached hydrogens (tertiary/aromatic N) is 3. The summed E-state index contributed by atoms with van der Waals surface area (Å²) in [6, 6.07) is 12.6. The maximum atomic E-state index is 14.0. The summed E-state index contributed by atoms with van der Waals surface area (Å²) in [7, 11) is 3.30. The van der Waals surface area contributed by atoms with Gasteiger partial charge in [-0.05, 0) is 67.1 Å². The predicted molar refractivity (Wildman–Crippen MR) is 158 cm³/mol. The molecule has 1 aliphatic heterocycles. The number of aromatic nitrogens is 2. The molecule has 2 aromatic carbocycles. The minimum absolute atomic E-state index is 0.0678. The Morgan fingerprint density at radius 1 is 1.05 bits per heavy atom. The number of piperazine rings is 1. The third kappa shape index (κ3) is 7.15. The van der Waals surface area contributed by atoms with Crippen LogP contribution in [0, 0.1) is 6.92 Å². The van der Waals surface area contributed by atoms with Gasteiger partial charge in [-0.1, -0.05) is 12.1 Å². The molecule has 1 amide bonds. The van der Waals surface area contributed by atoms with E-state index in [2.05, 4.69) is 25.5 Å². The number of benzene rings is 2. The summed E-state index contributed by atoms with van der Waals surface area (Å²) in [6.45, 7) is 5.46. The van der Waals surface area contributed by atoms with Crippen molar-refractivity contribution in [1.29, 1.82) is 0 Å². The molecule has 1 saturated heterocycles. The molecule has 0 bridgehead atoms. The number of alkyl halides is 3. The van der Waals surface area contributed by atoms with Gasteiger partial charge in [0.05, 0.1) is 12.7 Å². The van der Waals surface area contributed by atoms with Crippen molar-refractivity contribution in [2.24, 2.45) is 0 Å². The van der Waals surface area contributed by atoms with Crippen molar-refractivity contribution in [3.8, 4) is 0 Å². The number of carbonyl (C=O) groups is 2. The minimum atomic E-state index is -4.59. The van der Waals surface area contributed by atoms with Gasteiger partial charge in [0.1, 0.15) is 11.3 Å². The first-order valence-electron chi connectivity index (χ1n) is 13.8. The van der Waals surface area contributed by atoms with Crippen LogP contribution in [0.4, 0.5) is 24.5 Å². The second kappa shape index (κ2) is 12.4. The van der Waals surface area contributed by atoms with E-state index in [1.54, 1.807) is 24.4 Å². The Kier molecular flexibility index (Phi) is 8.69. The molecule has 0 aliphatic carbocycles. The topological polar surface area (TPSA) is 103 Å². The minimum Gasteiger partial charge on any atom is -0.464 e. The van der Waals surface area contributed by atoms with Crippen molar-refractivity contribution < 1.29 is 27.5 Å². The summed E-state index contributed by atoms with van der Waals surface area (Å²) < 4.78 is 46.8. The number of hydrogen-bond donors (Lipinski definition) is 3. The number of amides is 1. The number of hydrogen-bond acceptors (Lipinski definition) is 7. The quantitative estimate of drug-likeness (QED) is 0.238. The number of nitrogens with one attached hydrogen (secondary N) is 3. The van der Waals surface area contributed by atoms with E-state index in [1.165, 1.54) is 19.2 Å². The molecule has 12 heteroatoms. The van der Waals surface area contributed by atoms with Crippen molar-refractivity contribution in [3.63, 3.8) is 0 Å². The van der Waals surface area contributed by atoms with Gasteiger partial charge in [0.25, 0.3) is 5.91 Å². The summed E-state index contributed by atoms with van der Waals surface area (Å²) in [4.78, 5) is 36.3. The number of rotatable bonds is 8. The predicted octanol–water partition coefficient (Wildman–Crippen LogP) is 5.29. The Morgan fingerprint density at radius 2 is 1.81 bits per heavy atom. The Bertz CT molecular complexity index is 1640. The average Bonchev–Trinajstić information content (AvgIpc) is 3.41. The monoisotopic (exact) mass is 594 g/mol. The fraction of sp³-hybridized carbons (Fsp3) is 0.323. The van der Waals surface area contributed by atoms with E-state index in [1.807, 2.05) is 31.0 Å². The van der Waals surface area contributed by atoms with E-state index >= 15 is 0 Å². The average molecular weight is 595 g/mol. The second-order valence-corrected chi connectivity index (χ2v) is 10.7. The SMILES string of the molecule is COC(=O)c1cc2cc(CNc3cc(NC(=O)c4ccc(CN5CCN(C)CC5)c(C(F)(F)F)c4)ccc3C)cnc2[nH]1. The molecule has 4 aromatic rings. The fourth-order valence-electron chi connectivity index (χ4n) is 5.03. The summed E-state index contributed by atoms with van der Waals surface area (Å²) >= 11 is 0. The molecular weight excluding hydrogens is 561 g/mol. The van der Waals surface area contributed by atoms with Crippen molar-refractivity contribution >= 4 is 34.3 Å². The number of likely N-dealkylation sites (N-methyl/N-ethyl adjacent to an activating group) is 1. The highest BCUT2D eigenvalue weighted by molar-refractivity contribution is 6.04. The molecule has 5 rings (SSSR count). The Hall–Kier alpha value is -4.42. The lowest BCUT2D eigenvalue weighted by atomic mass is 10.0. The van der Waals surface area contributed by atoms with Crippen LogP contribution in [0.15, 0.2) is 54.7 Å². The first kappa shape index (κ1) is 30.1. The molecule has 0 saturated carbocycles. The lowest BCUT2D eigenvalue weighted by Gasteiger charge is -2.33. The molecule has 9 nitrogen and oxygen atoms in total. The Labute approximate surface area is 247 Å². The number of methoxy groups -OCH3 is 1. The summed E-state index contributed by atoms with van der Waals surface area (Å²) in [6.07, 6.45) is -2.90. The van der Waals surface area contributed by atoms with Crippen LogP contribution in [0.1, 0.15) is 43.1 Å². The van der Waals surface area contributed by atoms with Gasteiger partial charge in [-0.3, -0.25) is 9.69 Å². The van der Waals surface area contributed by atoms with E-state index in [9.17, 15) is 22.8 Å². The van der Waals surface area contributed by atoms with Crippen LogP contribution in [0.25, 0.3) is 11.0 Å². The van der Waals surface area contributed by atoms with Crippen molar-refractivity contribution in [3.05, 3.63) is 88.2 Å². The lowest BCUT2D eigenvalue weighted by Crippen LogP contribution is -2.44. The molecule has 0 atom stereocenters. The fourth-order valence-corrected chi connectivity index (χ4v) is 5.03.